The van der Waals surface area contributed by atoms with Crippen LogP contribution in [0.1, 0.15) is 19.8 Å². The second-order valence-electron chi connectivity index (χ2n) is 7.78. The fourth-order valence-electron chi connectivity index (χ4n) is 3.65. The van der Waals surface area contributed by atoms with Crippen molar-refractivity contribution >= 4 is 21.5 Å². The number of ether oxygens (including phenoxy) is 1. The van der Waals surface area contributed by atoms with Crippen molar-refractivity contribution in [3.05, 3.63) is 60.7 Å². The Bertz CT molecular complexity index is 1120. The summed E-state index contributed by atoms with van der Waals surface area (Å²) in [5.41, 5.74) is 2.07. The number of nitrogens with zero attached hydrogens (tertiary/aromatic N) is 3. The Morgan fingerprint density at radius 1 is 0.968 bits per heavy atom. The summed E-state index contributed by atoms with van der Waals surface area (Å²) < 4.78 is 33.2. The predicted molar refractivity (Wildman–Crippen MR) is 122 cm³/mol. The van der Waals surface area contributed by atoms with Crippen LogP contribution in [0.5, 0.6) is 5.75 Å². The van der Waals surface area contributed by atoms with Gasteiger partial charge in [0.2, 0.25) is 0 Å². The number of piperidine rings is 1. The van der Waals surface area contributed by atoms with Crippen LogP contribution in [0.15, 0.2) is 65.6 Å². The highest BCUT2D eigenvalue weighted by Gasteiger charge is 2.19. The maximum atomic E-state index is 12.7. The Balaban J connectivity index is 1.47. The lowest BCUT2D eigenvalue weighted by molar-refractivity contribution is 0.403. The Morgan fingerprint density at radius 3 is 2.32 bits per heavy atom. The lowest BCUT2D eigenvalue weighted by atomic mass is 9.99. The van der Waals surface area contributed by atoms with Crippen LogP contribution < -0.4 is 14.4 Å². The molecule has 2 aromatic carbocycles. The van der Waals surface area contributed by atoms with Crippen molar-refractivity contribution in [2.75, 3.05) is 29.8 Å². The van der Waals surface area contributed by atoms with Crippen LogP contribution in [0.2, 0.25) is 0 Å². The first-order valence-corrected chi connectivity index (χ1v) is 11.8. The molecular formula is C23H26N4O3S. The van der Waals surface area contributed by atoms with Crippen LogP contribution in [0, 0.1) is 5.92 Å². The number of rotatable bonds is 6. The highest BCUT2D eigenvalue weighted by molar-refractivity contribution is 7.92. The first kappa shape index (κ1) is 21.1. The first-order chi connectivity index (χ1) is 15.0. The molecule has 162 valence electrons. The average molecular weight is 439 g/mol. The molecule has 1 aliphatic rings. The normalized spacial score (nSPS) is 15.0. The van der Waals surface area contributed by atoms with E-state index in [1.54, 1.807) is 30.3 Å². The van der Waals surface area contributed by atoms with Gasteiger partial charge in [0.25, 0.3) is 10.0 Å². The molecule has 1 fully saturated rings. The second kappa shape index (κ2) is 8.93. The summed E-state index contributed by atoms with van der Waals surface area (Å²) in [5.74, 6) is 1.96. The van der Waals surface area contributed by atoms with Gasteiger partial charge >= 0.3 is 0 Å². The Morgan fingerprint density at radius 2 is 1.68 bits per heavy atom. The van der Waals surface area contributed by atoms with E-state index in [2.05, 4.69) is 26.7 Å². The number of sulfonamides is 1. The van der Waals surface area contributed by atoms with Gasteiger partial charge in [-0.15, -0.1) is 10.2 Å². The first-order valence-electron chi connectivity index (χ1n) is 10.3. The molecule has 3 aromatic rings. The quantitative estimate of drug-likeness (QED) is 0.621. The van der Waals surface area contributed by atoms with Gasteiger partial charge in [0, 0.05) is 24.3 Å². The molecule has 0 aliphatic carbocycles. The molecule has 31 heavy (non-hydrogen) atoms. The van der Waals surface area contributed by atoms with E-state index in [0.717, 1.165) is 36.1 Å². The van der Waals surface area contributed by atoms with Crippen molar-refractivity contribution in [2.45, 2.75) is 24.7 Å². The summed E-state index contributed by atoms with van der Waals surface area (Å²) in [7, 11) is -2.32. The zero-order valence-corrected chi connectivity index (χ0v) is 18.5. The summed E-state index contributed by atoms with van der Waals surface area (Å²) >= 11 is 0. The lowest BCUT2D eigenvalue weighted by Gasteiger charge is -2.30. The summed E-state index contributed by atoms with van der Waals surface area (Å²) in [6.45, 7) is 4.30. The molecule has 0 amide bonds. The van der Waals surface area contributed by atoms with Crippen LogP contribution in [0.4, 0.5) is 11.5 Å². The minimum absolute atomic E-state index is 0.0927. The number of hydrogen-bond donors (Lipinski definition) is 1. The third-order valence-corrected chi connectivity index (χ3v) is 6.97. The zero-order valence-electron chi connectivity index (χ0n) is 17.7. The van der Waals surface area contributed by atoms with Gasteiger partial charge in [-0.3, -0.25) is 4.72 Å². The van der Waals surface area contributed by atoms with E-state index in [1.165, 1.54) is 26.0 Å². The predicted octanol–water partition coefficient (Wildman–Crippen LogP) is 4.19. The van der Waals surface area contributed by atoms with E-state index in [0.29, 0.717) is 11.4 Å². The van der Waals surface area contributed by atoms with Gasteiger partial charge in [-0.2, -0.15) is 0 Å². The monoisotopic (exact) mass is 438 g/mol. The van der Waals surface area contributed by atoms with Crippen molar-refractivity contribution < 1.29 is 13.2 Å². The highest BCUT2D eigenvalue weighted by Crippen LogP contribution is 2.27. The lowest BCUT2D eigenvalue weighted by Crippen LogP contribution is -2.33. The molecule has 0 saturated carbocycles. The Kier molecular flexibility index (Phi) is 6.08. The molecule has 1 aromatic heterocycles. The average Bonchev–Trinajstić information content (AvgIpc) is 2.80. The number of anilines is 2. The highest BCUT2D eigenvalue weighted by atomic mass is 32.2. The number of methoxy groups -OCH3 is 1. The molecule has 0 unspecified atom stereocenters. The number of benzene rings is 2. The van der Waals surface area contributed by atoms with E-state index in [1.807, 2.05) is 24.3 Å². The van der Waals surface area contributed by atoms with Gasteiger partial charge < -0.3 is 9.64 Å². The van der Waals surface area contributed by atoms with Crippen LogP contribution in [-0.4, -0.2) is 38.8 Å². The SMILES string of the molecule is COc1ccccc1S(=O)(=O)Nc1ccc(-c2ccc(N3CCC(C)CC3)nn2)cc1. The van der Waals surface area contributed by atoms with Gasteiger partial charge in [-0.1, -0.05) is 31.2 Å². The molecule has 8 heteroatoms. The molecule has 4 rings (SSSR count). The fourth-order valence-corrected chi connectivity index (χ4v) is 4.88. The minimum Gasteiger partial charge on any atom is -0.495 e. The van der Waals surface area contributed by atoms with Crippen LogP contribution >= 0.6 is 0 Å². The summed E-state index contributed by atoms with van der Waals surface area (Å²) in [6.07, 6.45) is 2.35. The van der Waals surface area contributed by atoms with Crippen LogP contribution in [0.3, 0.4) is 0 Å². The molecule has 0 spiro atoms. The molecule has 1 N–H and O–H groups in total. The standard InChI is InChI=1S/C23H26N4O3S/c1-17-13-15-27(16-14-17)23-12-11-20(24-25-23)18-7-9-19(10-8-18)26-31(28,29)22-6-4-3-5-21(22)30-2/h3-12,17,26H,13-16H2,1-2H3. The number of nitrogens with one attached hydrogen (secondary N) is 1. The number of para-hydroxylation sites is 1. The summed E-state index contributed by atoms with van der Waals surface area (Å²) in [4.78, 5) is 2.36. The Hall–Kier alpha value is -3.13. The van der Waals surface area contributed by atoms with Crippen molar-refractivity contribution in [1.82, 2.24) is 10.2 Å². The largest absolute Gasteiger partial charge is 0.495 e. The maximum Gasteiger partial charge on any atom is 0.265 e. The third-order valence-electron chi connectivity index (χ3n) is 5.55. The Labute approximate surface area is 183 Å². The molecule has 0 radical (unpaired) electrons. The van der Waals surface area contributed by atoms with E-state index < -0.39 is 10.0 Å². The molecule has 0 atom stereocenters. The second-order valence-corrected chi connectivity index (χ2v) is 9.43. The molecule has 1 saturated heterocycles. The van der Waals surface area contributed by atoms with Crippen molar-refractivity contribution in [2.24, 2.45) is 5.92 Å². The molecular weight excluding hydrogens is 412 g/mol. The van der Waals surface area contributed by atoms with Gasteiger partial charge in [0.05, 0.1) is 12.8 Å². The topological polar surface area (TPSA) is 84.4 Å². The van der Waals surface area contributed by atoms with E-state index in [9.17, 15) is 8.42 Å². The smallest absolute Gasteiger partial charge is 0.265 e. The summed E-state index contributed by atoms with van der Waals surface area (Å²) in [5, 5.41) is 8.77. The third kappa shape index (κ3) is 4.80. The van der Waals surface area contributed by atoms with Gasteiger partial charge in [-0.25, -0.2) is 8.42 Å². The van der Waals surface area contributed by atoms with Crippen molar-refractivity contribution in [3.8, 4) is 17.0 Å². The molecule has 2 heterocycles. The van der Waals surface area contributed by atoms with Gasteiger partial charge in [0.1, 0.15) is 10.6 Å². The zero-order chi connectivity index (χ0) is 21.8. The molecule has 0 bridgehead atoms. The number of hydrogen-bond acceptors (Lipinski definition) is 6. The van der Waals surface area contributed by atoms with E-state index >= 15 is 0 Å². The van der Waals surface area contributed by atoms with Gasteiger partial charge in [0.15, 0.2) is 5.82 Å². The van der Waals surface area contributed by atoms with Crippen molar-refractivity contribution in [3.63, 3.8) is 0 Å². The van der Waals surface area contributed by atoms with E-state index in [4.69, 9.17) is 4.74 Å². The number of aromatic nitrogens is 2. The maximum absolute atomic E-state index is 12.7. The molecule has 1 aliphatic heterocycles. The van der Waals surface area contributed by atoms with Crippen LogP contribution in [0.25, 0.3) is 11.3 Å². The summed E-state index contributed by atoms with van der Waals surface area (Å²) in [6, 6.07) is 17.5. The van der Waals surface area contributed by atoms with Crippen molar-refractivity contribution in [1.29, 1.82) is 0 Å². The van der Waals surface area contributed by atoms with E-state index in [-0.39, 0.29) is 4.90 Å². The minimum atomic E-state index is -3.76. The van der Waals surface area contributed by atoms with Gasteiger partial charge in [-0.05, 0) is 55.2 Å². The molecule has 7 nitrogen and oxygen atoms in total. The van der Waals surface area contributed by atoms with Crippen LogP contribution in [-0.2, 0) is 10.0 Å². The fraction of sp³-hybridized carbons (Fsp3) is 0.304.